The lowest BCUT2D eigenvalue weighted by molar-refractivity contribution is -0.167. The van der Waals surface area contributed by atoms with E-state index in [1.54, 1.807) is 82.6 Å². The fraction of sp³-hybridized carbons (Fsp3) is 0.484. The van der Waals surface area contributed by atoms with Crippen molar-refractivity contribution < 1.29 is 80.9 Å². The zero-order valence-electron chi connectivity index (χ0n) is 56.3. The Bertz CT molecular complexity index is 3660. The number of oxime groups is 1. The van der Waals surface area contributed by atoms with E-state index in [1.807, 2.05) is 42.5 Å². The topological polar surface area (TPSA) is 417 Å². The summed E-state index contributed by atoms with van der Waals surface area (Å²) >= 11 is 9.95. The summed E-state index contributed by atoms with van der Waals surface area (Å²) in [5.74, 6) is 8.52. The van der Waals surface area contributed by atoms with Gasteiger partial charge in [0.05, 0.1) is 64.4 Å². The maximum atomic E-state index is 12.0. The van der Waals surface area contributed by atoms with Gasteiger partial charge in [0.1, 0.15) is 36.0 Å². The number of aryl methyl sites for hydroxylation is 1. The number of halogens is 4. The lowest BCUT2D eigenvalue weighted by Crippen LogP contribution is -2.22. The number of pyridine rings is 3. The van der Waals surface area contributed by atoms with E-state index in [9.17, 15) is 47.9 Å². The first-order valence-electron chi connectivity index (χ1n) is 31.2. The number of Topliss-reactive ketones (excluding diaryl/α,β-unsaturated/α-hetero) is 4. The molecule has 99 heavy (non-hydrogen) atoms. The molecule has 6 aromatic rings. The Labute approximate surface area is 602 Å². The number of aromatic nitrogens is 9. The summed E-state index contributed by atoms with van der Waals surface area (Å²) < 4.78 is 35.3. The third kappa shape index (κ3) is 31.2. The first kappa shape index (κ1) is 84.9. The molecular weight excluding hydrogens is 1510 g/mol. The Morgan fingerprint density at radius 3 is 1.40 bits per heavy atom. The molecule has 5 fully saturated rings. The average molecular weight is 1600 g/mol. The van der Waals surface area contributed by atoms with Gasteiger partial charge in [-0.15, -0.1) is 17.5 Å². The lowest BCUT2D eigenvalue weighted by Gasteiger charge is -2.05. The Balaban J connectivity index is 0.000000308. The van der Waals surface area contributed by atoms with Gasteiger partial charge in [0.25, 0.3) is 5.89 Å². The number of esters is 5. The largest absolute Gasteiger partial charge is 0.461 e. The van der Waals surface area contributed by atoms with Crippen LogP contribution < -0.4 is 22.9 Å². The van der Waals surface area contributed by atoms with Gasteiger partial charge in [-0.25, -0.2) is 64.8 Å². The maximum absolute atomic E-state index is 12.0. The van der Waals surface area contributed by atoms with Gasteiger partial charge in [-0.1, -0.05) is 5.16 Å². The Kier molecular flexibility index (Phi) is 38.3. The lowest BCUT2D eigenvalue weighted by atomic mass is 10.1. The quantitative estimate of drug-likeness (QED) is 0.0108. The van der Waals surface area contributed by atoms with Crippen molar-refractivity contribution in [3.05, 3.63) is 108 Å². The van der Waals surface area contributed by atoms with Crippen LogP contribution in [0.2, 0.25) is 0 Å². The van der Waals surface area contributed by atoms with Crippen LogP contribution in [0.4, 0.5) is 5.82 Å². The molecule has 5 aliphatic rings. The van der Waals surface area contributed by atoms with E-state index < -0.39 is 35.4 Å². The van der Waals surface area contributed by atoms with E-state index in [0.29, 0.717) is 59.0 Å². The van der Waals surface area contributed by atoms with Gasteiger partial charge < -0.3 is 43.2 Å². The normalized spacial score (nSPS) is 13.7. The van der Waals surface area contributed by atoms with Crippen LogP contribution in [0.3, 0.4) is 0 Å². The molecule has 0 spiro atoms. The van der Waals surface area contributed by atoms with Gasteiger partial charge in [-0.05, 0) is 202 Å². The smallest absolute Gasteiger partial charge is 0.437 e. The number of ketones is 4. The molecule has 0 atom stereocenters. The minimum atomic E-state index is -0.927. The van der Waals surface area contributed by atoms with Crippen LogP contribution in [0.15, 0.2) is 94.9 Å². The summed E-state index contributed by atoms with van der Waals surface area (Å²) in [6, 6.07) is 14.8. The highest BCUT2D eigenvalue weighted by molar-refractivity contribution is 9.11. The molecule has 11 rings (SSSR count). The van der Waals surface area contributed by atoms with Crippen molar-refractivity contribution in [3.8, 4) is 23.2 Å². The molecule has 0 amide bonds. The highest BCUT2D eigenvalue weighted by Crippen LogP contribution is 2.41. The molecule has 0 aliphatic heterocycles. The van der Waals surface area contributed by atoms with Crippen LogP contribution in [0.25, 0.3) is 23.2 Å². The fourth-order valence-electron chi connectivity index (χ4n) is 7.75. The third-order valence-corrected chi connectivity index (χ3v) is 14.8. The number of ether oxygens (including phenoxy) is 5. The molecule has 540 valence electrons. The summed E-state index contributed by atoms with van der Waals surface area (Å²) in [7, 11) is 4.29. The molecule has 0 radical (unpaired) electrons. The second-order valence-corrected chi connectivity index (χ2v) is 24.2. The summed E-state index contributed by atoms with van der Waals surface area (Å²) in [6.07, 6.45) is 15.2. The Morgan fingerprint density at radius 1 is 0.586 bits per heavy atom. The number of carbonyl (C=O) groups excluding carboxylic acids is 9. The molecule has 5 aliphatic carbocycles. The van der Waals surface area contributed by atoms with Gasteiger partial charge >= 0.3 is 35.6 Å². The minimum Gasteiger partial charge on any atom is -0.461 e. The average Bonchev–Trinajstić information content (AvgIpc) is 1.63. The van der Waals surface area contributed by atoms with E-state index in [4.69, 9.17) is 19.7 Å². The molecule has 6 aromatic heterocycles. The summed E-state index contributed by atoms with van der Waals surface area (Å²) in [6.45, 7) is 11.2. The predicted octanol–water partition coefficient (Wildman–Crippen LogP) is 8.91. The molecule has 5 N–H and O–H groups in total. The number of hydrazine groups is 1. The number of nitrogens with zero attached hydrogens (tertiary/aromatic N) is 10. The zero-order valence-corrected chi connectivity index (χ0v) is 61.9. The second-order valence-electron chi connectivity index (χ2n) is 21.5. The molecular formula is C64H83Br3ClN13O18. The first-order valence-corrected chi connectivity index (χ1v) is 33.6. The van der Waals surface area contributed by atoms with Crippen molar-refractivity contribution in [2.45, 2.75) is 130 Å². The molecule has 5 saturated carbocycles. The molecule has 31 nitrogen and oxygen atoms in total. The Hall–Kier alpha value is -8.28. The van der Waals surface area contributed by atoms with E-state index in [0.717, 1.165) is 89.0 Å². The van der Waals surface area contributed by atoms with Gasteiger partial charge in [0.15, 0.2) is 23.0 Å². The summed E-state index contributed by atoms with van der Waals surface area (Å²) in [5.41, 5.74) is 5.46. The van der Waals surface area contributed by atoms with E-state index in [-0.39, 0.29) is 92.7 Å². The number of carbonyl (C=O) groups is 9. The minimum absolute atomic E-state index is 0. The van der Waals surface area contributed by atoms with Crippen LogP contribution in [0.1, 0.15) is 152 Å². The molecule has 6 heterocycles. The van der Waals surface area contributed by atoms with Gasteiger partial charge in [0.2, 0.25) is 5.78 Å². The Morgan fingerprint density at radius 2 is 1.02 bits per heavy atom. The van der Waals surface area contributed by atoms with Crippen LogP contribution in [-0.4, -0.2) is 150 Å². The number of nitrogens with one attached hydrogen (secondary N) is 1. The molecule has 35 heteroatoms. The predicted molar refractivity (Wildman–Crippen MR) is 371 cm³/mol. The summed E-state index contributed by atoms with van der Waals surface area (Å²) in [5, 5.41) is 16.8. The van der Waals surface area contributed by atoms with Crippen molar-refractivity contribution in [3.63, 3.8) is 0 Å². The first-order chi connectivity index (χ1) is 46.9. The zero-order chi connectivity index (χ0) is 72.4. The third-order valence-electron chi connectivity index (χ3n) is 13.4. The van der Waals surface area contributed by atoms with Crippen LogP contribution in [0, 0.1) is 17.8 Å². The van der Waals surface area contributed by atoms with Gasteiger partial charge in [-0.3, -0.25) is 19.2 Å². The SMILES string of the molecule is CC(=O)C1CC1.CCOC(=O)C(=O)CC(=O)C1CC1.CCOC(=O)C(=O)OCC.CCOC(=O)C(CC(=O)C1CC1)=NOC.CCOC(=O)c1cc(C2CC2)nn1-c1ccc(Br)cn1.CON.Cl.Cn1nc(-c2cc(C3CC3)nn2-c2ccc(Br)cn2)oc1=O.NNc1ccc(Br)cn1. The second kappa shape index (κ2) is 44.7. The van der Waals surface area contributed by atoms with Crippen LogP contribution in [-0.2, 0) is 78.8 Å². The van der Waals surface area contributed by atoms with Crippen molar-refractivity contribution in [1.82, 2.24) is 44.3 Å². The molecule has 0 saturated heterocycles. The number of rotatable bonds is 22. The van der Waals surface area contributed by atoms with E-state index in [1.165, 1.54) is 18.9 Å². The van der Waals surface area contributed by atoms with Crippen molar-refractivity contribution >= 4 is 125 Å². The van der Waals surface area contributed by atoms with E-state index in [2.05, 4.69) is 118 Å². The van der Waals surface area contributed by atoms with Crippen molar-refractivity contribution in [2.75, 3.05) is 52.7 Å². The summed E-state index contributed by atoms with van der Waals surface area (Å²) in [4.78, 5) is 131. The van der Waals surface area contributed by atoms with Gasteiger partial charge in [-0.2, -0.15) is 14.9 Å². The monoisotopic (exact) mass is 1590 g/mol. The van der Waals surface area contributed by atoms with Crippen LogP contribution >= 0.6 is 60.2 Å². The van der Waals surface area contributed by atoms with E-state index >= 15 is 0 Å². The number of nitrogen functional groups attached to an aromatic ring is 1. The fourth-order valence-corrected chi connectivity index (χ4v) is 8.45. The highest BCUT2D eigenvalue weighted by Gasteiger charge is 2.34. The highest BCUT2D eigenvalue weighted by atomic mass is 79.9. The van der Waals surface area contributed by atoms with Crippen molar-refractivity contribution in [1.29, 1.82) is 0 Å². The van der Waals surface area contributed by atoms with Crippen molar-refractivity contribution in [2.24, 2.45) is 41.7 Å². The standard InChI is InChI=1S/C14H12BrN5O2.C14H14BrN3O2.C10H15NO4.C9H12O4.C6H10O4.C5H6BrN3.C5H8O.CH5NO.ClH/c1-19-14(21)22-13(18-19)11-6-10(8-2-3-8)17-20(11)12-5-4-9(15)7-16-12;1-2-20-14(19)12-7-11(9-3-4-9)17-18(12)13-6-5-10(15)8-16-13;1-3-15-10(13)8(11-14-2)6-9(12)7-4-5-7;1-2-13-9(12)8(11)5-7(10)6-3-4-6;1-3-9-5(7)6(8)10-4-2;6-4-1-2-5(9-7)8-3-4;1-4(6)5-2-3-5;1-3-2;/h4-8H,2-3H2,1H3;5-9H,2-4H2,1H3;7H,3-6H2,1-2H3;6H,2-5H2,1H3;3-4H2,1-2H3;1-3H,7H2,(H,8,9);5H,2-3H2,1H3;2H2,1H3;1H. The maximum Gasteiger partial charge on any atom is 0.437 e. The van der Waals surface area contributed by atoms with Gasteiger partial charge in [0, 0.05) is 68.6 Å². The number of nitrogens with two attached hydrogens (primary N) is 2. The number of hydrogen-bond acceptors (Lipinski definition) is 28. The molecule has 0 aromatic carbocycles. The molecule has 0 unspecified atom stereocenters. The number of anilines is 1. The number of hydrogen-bond donors (Lipinski definition) is 3. The van der Waals surface area contributed by atoms with Crippen LogP contribution in [0.5, 0.6) is 0 Å². The molecule has 0 bridgehead atoms.